The summed E-state index contributed by atoms with van der Waals surface area (Å²) < 4.78 is 32.7. The van der Waals surface area contributed by atoms with E-state index < -0.39 is 10.0 Å². The quantitative estimate of drug-likeness (QED) is 0.820. The molecule has 1 fully saturated rings. The first-order chi connectivity index (χ1) is 9.56. The zero-order valence-corrected chi connectivity index (χ0v) is 13.9. The lowest BCUT2D eigenvalue weighted by Crippen LogP contribution is -2.42. The highest BCUT2D eigenvalue weighted by Crippen LogP contribution is 2.27. The zero-order chi connectivity index (χ0) is 14.6. The third-order valence-corrected chi connectivity index (χ3v) is 6.12. The average molecular weight is 362 g/mol. The van der Waals surface area contributed by atoms with E-state index in [0.717, 1.165) is 24.6 Å². The molecule has 4 nitrogen and oxygen atoms in total. The molecule has 1 aliphatic carbocycles. The molecular weight excluding hydrogens is 342 g/mol. The molecule has 0 radical (unpaired) electrons. The lowest BCUT2D eigenvalue weighted by molar-refractivity contribution is 0.316. The Balaban J connectivity index is 2.12. The van der Waals surface area contributed by atoms with Crippen molar-refractivity contribution >= 4 is 26.0 Å². The molecule has 6 heteroatoms. The average Bonchev–Trinajstić information content (AvgIpc) is 2.47. The molecule has 1 N–H and O–H groups in total. The van der Waals surface area contributed by atoms with Crippen LogP contribution in [0.4, 0.5) is 0 Å². The highest BCUT2D eigenvalue weighted by Gasteiger charge is 2.28. The van der Waals surface area contributed by atoms with Crippen molar-refractivity contribution in [1.29, 1.82) is 0 Å². The van der Waals surface area contributed by atoms with Crippen LogP contribution in [0.2, 0.25) is 0 Å². The van der Waals surface area contributed by atoms with Crippen LogP contribution in [-0.4, -0.2) is 26.9 Å². The monoisotopic (exact) mass is 361 g/mol. The number of methoxy groups -OCH3 is 1. The normalized spacial score (nSPS) is 23.5. The van der Waals surface area contributed by atoms with Crippen molar-refractivity contribution in [2.45, 2.75) is 36.6 Å². The first-order valence-electron chi connectivity index (χ1n) is 6.79. The Bertz CT molecular complexity index is 530. The third kappa shape index (κ3) is 3.74. The number of rotatable bonds is 5. The van der Waals surface area contributed by atoms with Crippen molar-refractivity contribution in [3.63, 3.8) is 0 Å². The molecule has 0 saturated heterocycles. The summed E-state index contributed by atoms with van der Waals surface area (Å²) in [7, 11) is -1.89. The zero-order valence-electron chi connectivity index (χ0n) is 11.5. The Labute approximate surface area is 129 Å². The maximum atomic E-state index is 12.4. The van der Waals surface area contributed by atoms with Gasteiger partial charge in [-0.25, -0.2) is 13.1 Å². The van der Waals surface area contributed by atoms with Gasteiger partial charge in [0.2, 0.25) is 10.0 Å². The highest BCUT2D eigenvalue weighted by atomic mass is 79.9. The summed E-state index contributed by atoms with van der Waals surface area (Å²) in [6.07, 6.45) is 4.24. The molecular formula is C14H20BrNO3S. The number of benzene rings is 1. The molecule has 0 bridgehead atoms. The van der Waals surface area contributed by atoms with Gasteiger partial charge in [-0.2, -0.15) is 0 Å². The van der Waals surface area contributed by atoms with Gasteiger partial charge in [-0.3, -0.25) is 0 Å². The standard InChI is InChI=1S/C14H20BrNO3S/c1-19-12-6-8-13(9-7-12)20(17,18)16-14-5-3-2-4-11(14)10-15/h6-9,11,14,16H,2-5,10H2,1H3. The minimum Gasteiger partial charge on any atom is -0.497 e. The Kier molecular flexibility index (Phi) is 5.46. The van der Waals surface area contributed by atoms with Gasteiger partial charge in [-0.05, 0) is 43.0 Å². The Morgan fingerprint density at radius 2 is 1.90 bits per heavy atom. The second-order valence-electron chi connectivity index (χ2n) is 5.10. The van der Waals surface area contributed by atoms with Crippen LogP contribution in [0.1, 0.15) is 25.7 Å². The fourth-order valence-electron chi connectivity index (χ4n) is 2.57. The molecule has 2 atom stereocenters. The summed E-state index contributed by atoms with van der Waals surface area (Å²) in [6, 6.07) is 6.50. The maximum absolute atomic E-state index is 12.4. The summed E-state index contributed by atoms with van der Waals surface area (Å²) in [5, 5.41) is 0.836. The summed E-state index contributed by atoms with van der Waals surface area (Å²) >= 11 is 3.48. The van der Waals surface area contributed by atoms with Crippen molar-refractivity contribution < 1.29 is 13.2 Å². The molecule has 1 saturated carbocycles. The number of sulfonamides is 1. The van der Waals surface area contributed by atoms with Gasteiger partial charge < -0.3 is 4.74 Å². The topological polar surface area (TPSA) is 55.4 Å². The van der Waals surface area contributed by atoms with Gasteiger partial charge in [0.1, 0.15) is 5.75 Å². The van der Waals surface area contributed by atoms with Crippen molar-refractivity contribution in [2.75, 3.05) is 12.4 Å². The molecule has 1 aromatic rings. The Morgan fingerprint density at radius 3 is 2.50 bits per heavy atom. The Hall–Kier alpha value is -0.590. The van der Waals surface area contributed by atoms with E-state index in [0.29, 0.717) is 11.7 Å². The van der Waals surface area contributed by atoms with Crippen molar-refractivity contribution in [3.8, 4) is 5.75 Å². The molecule has 0 heterocycles. The lowest BCUT2D eigenvalue weighted by atomic mass is 9.87. The van der Waals surface area contributed by atoms with Gasteiger partial charge in [-0.1, -0.05) is 28.8 Å². The van der Waals surface area contributed by atoms with Gasteiger partial charge in [0, 0.05) is 11.4 Å². The first-order valence-corrected chi connectivity index (χ1v) is 9.39. The molecule has 0 amide bonds. The molecule has 2 rings (SSSR count). The predicted octanol–water partition coefficient (Wildman–Crippen LogP) is 2.93. The summed E-state index contributed by atoms with van der Waals surface area (Å²) in [4.78, 5) is 0.289. The molecule has 112 valence electrons. The van der Waals surface area contributed by atoms with Crippen LogP contribution in [0, 0.1) is 5.92 Å². The number of nitrogens with one attached hydrogen (secondary N) is 1. The van der Waals surface area contributed by atoms with Gasteiger partial charge in [0.15, 0.2) is 0 Å². The van der Waals surface area contributed by atoms with Crippen LogP contribution < -0.4 is 9.46 Å². The van der Waals surface area contributed by atoms with Crippen LogP contribution in [0.5, 0.6) is 5.75 Å². The smallest absolute Gasteiger partial charge is 0.240 e. The van der Waals surface area contributed by atoms with Gasteiger partial charge in [-0.15, -0.1) is 0 Å². The van der Waals surface area contributed by atoms with E-state index >= 15 is 0 Å². The fraction of sp³-hybridized carbons (Fsp3) is 0.571. The molecule has 1 aromatic carbocycles. The van der Waals surface area contributed by atoms with Crippen LogP contribution in [-0.2, 0) is 10.0 Å². The molecule has 0 aliphatic heterocycles. The van der Waals surface area contributed by atoms with E-state index in [4.69, 9.17) is 4.74 Å². The van der Waals surface area contributed by atoms with E-state index in [9.17, 15) is 8.42 Å². The van der Waals surface area contributed by atoms with Gasteiger partial charge in [0.05, 0.1) is 12.0 Å². The number of ether oxygens (including phenoxy) is 1. The minimum absolute atomic E-state index is 0.0234. The predicted molar refractivity (Wildman–Crippen MR) is 82.9 cm³/mol. The van der Waals surface area contributed by atoms with E-state index in [1.54, 1.807) is 31.4 Å². The van der Waals surface area contributed by atoms with Crippen LogP contribution in [0.3, 0.4) is 0 Å². The lowest BCUT2D eigenvalue weighted by Gasteiger charge is -2.30. The Morgan fingerprint density at radius 1 is 1.25 bits per heavy atom. The molecule has 20 heavy (non-hydrogen) atoms. The number of halogens is 1. The molecule has 1 aliphatic rings. The van der Waals surface area contributed by atoms with Crippen LogP contribution in [0.25, 0.3) is 0 Å². The van der Waals surface area contributed by atoms with E-state index in [1.165, 1.54) is 6.42 Å². The second kappa shape index (κ2) is 6.91. The molecule has 0 spiro atoms. The number of hydrogen-bond acceptors (Lipinski definition) is 3. The largest absolute Gasteiger partial charge is 0.497 e. The summed E-state index contributed by atoms with van der Waals surface area (Å²) in [5.74, 6) is 1.02. The third-order valence-electron chi connectivity index (χ3n) is 3.78. The van der Waals surface area contributed by atoms with Crippen molar-refractivity contribution in [1.82, 2.24) is 4.72 Å². The van der Waals surface area contributed by atoms with Crippen molar-refractivity contribution in [2.24, 2.45) is 5.92 Å². The van der Waals surface area contributed by atoms with E-state index in [1.807, 2.05) is 0 Å². The molecule has 0 aromatic heterocycles. The minimum atomic E-state index is -3.45. The highest BCUT2D eigenvalue weighted by molar-refractivity contribution is 9.09. The van der Waals surface area contributed by atoms with Gasteiger partial charge in [0.25, 0.3) is 0 Å². The maximum Gasteiger partial charge on any atom is 0.240 e. The SMILES string of the molecule is COc1ccc(S(=O)(=O)NC2CCCCC2CBr)cc1. The van der Waals surface area contributed by atoms with Crippen molar-refractivity contribution in [3.05, 3.63) is 24.3 Å². The first kappa shape index (κ1) is 15.8. The number of alkyl halides is 1. The van der Waals surface area contributed by atoms with E-state index in [2.05, 4.69) is 20.7 Å². The summed E-state index contributed by atoms with van der Waals surface area (Å²) in [5.41, 5.74) is 0. The fourth-order valence-corrected chi connectivity index (χ4v) is 4.68. The second-order valence-corrected chi connectivity index (χ2v) is 7.46. The summed E-state index contributed by atoms with van der Waals surface area (Å²) in [6.45, 7) is 0. The van der Waals surface area contributed by atoms with Crippen LogP contribution in [0.15, 0.2) is 29.2 Å². The van der Waals surface area contributed by atoms with E-state index in [-0.39, 0.29) is 10.9 Å². The van der Waals surface area contributed by atoms with Gasteiger partial charge >= 0.3 is 0 Å². The van der Waals surface area contributed by atoms with Crippen LogP contribution >= 0.6 is 15.9 Å². The number of hydrogen-bond donors (Lipinski definition) is 1. The molecule has 2 unspecified atom stereocenters.